The van der Waals surface area contributed by atoms with Crippen LogP contribution in [-0.4, -0.2) is 33.8 Å². The normalized spacial score (nSPS) is 18.6. The van der Waals surface area contributed by atoms with E-state index in [1.807, 2.05) is 24.1 Å². The zero-order chi connectivity index (χ0) is 13.8. The number of rotatable bonds is 6. The third-order valence-corrected chi connectivity index (χ3v) is 4.02. The van der Waals surface area contributed by atoms with Crippen LogP contribution in [0.3, 0.4) is 0 Å². The van der Waals surface area contributed by atoms with Gasteiger partial charge in [-0.3, -0.25) is 9.58 Å². The van der Waals surface area contributed by atoms with Crippen molar-refractivity contribution in [1.82, 2.24) is 14.7 Å². The summed E-state index contributed by atoms with van der Waals surface area (Å²) in [5.74, 6) is 0.696. The SMILES string of the molecule is CC(C)CN(CC(N)c1cnn(C)c1)C1CCCC1. The Morgan fingerprint density at radius 3 is 2.58 bits per heavy atom. The molecule has 19 heavy (non-hydrogen) atoms. The summed E-state index contributed by atoms with van der Waals surface area (Å²) in [5, 5.41) is 4.22. The maximum absolute atomic E-state index is 6.36. The Hall–Kier alpha value is -0.870. The van der Waals surface area contributed by atoms with Crippen molar-refractivity contribution in [2.45, 2.75) is 51.6 Å². The summed E-state index contributed by atoms with van der Waals surface area (Å²) in [7, 11) is 1.94. The molecule has 1 atom stereocenters. The first-order valence-electron chi connectivity index (χ1n) is 7.54. The van der Waals surface area contributed by atoms with Gasteiger partial charge < -0.3 is 5.73 Å². The summed E-state index contributed by atoms with van der Waals surface area (Å²) in [5.41, 5.74) is 7.51. The van der Waals surface area contributed by atoms with Gasteiger partial charge in [0.05, 0.1) is 6.20 Å². The van der Waals surface area contributed by atoms with Crippen molar-refractivity contribution >= 4 is 0 Å². The van der Waals surface area contributed by atoms with Crippen molar-refractivity contribution in [2.24, 2.45) is 18.7 Å². The second-order valence-electron chi connectivity index (χ2n) is 6.34. The summed E-state index contributed by atoms with van der Waals surface area (Å²) in [4.78, 5) is 2.61. The highest BCUT2D eigenvalue weighted by molar-refractivity contribution is 5.10. The lowest BCUT2D eigenvalue weighted by Crippen LogP contribution is -2.40. The van der Waals surface area contributed by atoms with Gasteiger partial charge in [0.15, 0.2) is 0 Å². The van der Waals surface area contributed by atoms with Gasteiger partial charge in [0, 0.05) is 44.0 Å². The van der Waals surface area contributed by atoms with Crippen LogP contribution in [0.4, 0.5) is 0 Å². The van der Waals surface area contributed by atoms with Crippen LogP contribution in [0.5, 0.6) is 0 Å². The molecule has 108 valence electrons. The minimum Gasteiger partial charge on any atom is -0.323 e. The van der Waals surface area contributed by atoms with Crippen LogP contribution in [0.1, 0.15) is 51.1 Å². The minimum atomic E-state index is 0.0769. The van der Waals surface area contributed by atoms with Gasteiger partial charge in [0.2, 0.25) is 0 Å². The lowest BCUT2D eigenvalue weighted by Gasteiger charge is -2.32. The quantitative estimate of drug-likeness (QED) is 0.858. The van der Waals surface area contributed by atoms with Gasteiger partial charge in [-0.25, -0.2) is 0 Å². The number of aryl methyl sites for hydroxylation is 1. The number of aromatic nitrogens is 2. The molecule has 4 nitrogen and oxygen atoms in total. The molecule has 2 N–H and O–H groups in total. The highest BCUT2D eigenvalue weighted by atomic mass is 15.2. The standard InChI is InChI=1S/C15H28N4/c1-12(2)9-19(14-6-4-5-7-14)11-15(16)13-8-17-18(3)10-13/h8,10,12,14-15H,4-7,9,11,16H2,1-3H3. The monoisotopic (exact) mass is 264 g/mol. The smallest absolute Gasteiger partial charge is 0.0537 e. The molecule has 1 saturated carbocycles. The van der Waals surface area contributed by atoms with Crippen LogP contribution >= 0.6 is 0 Å². The number of nitrogens with zero attached hydrogens (tertiary/aromatic N) is 3. The van der Waals surface area contributed by atoms with Crippen molar-refractivity contribution in [3.05, 3.63) is 18.0 Å². The predicted octanol–water partition coefficient (Wildman–Crippen LogP) is 2.32. The molecule has 0 aliphatic heterocycles. The molecule has 0 radical (unpaired) electrons. The van der Waals surface area contributed by atoms with Gasteiger partial charge in [0.1, 0.15) is 0 Å². The van der Waals surface area contributed by atoms with Crippen molar-refractivity contribution < 1.29 is 0 Å². The summed E-state index contributed by atoms with van der Waals surface area (Å²) in [6.45, 7) is 6.68. The molecule has 2 rings (SSSR count). The lowest BCUT2D eigenvalue weighted by atomic mass is 10.1. The van der Waals surface area contributed by atoms with E-state index in [4.69, 9.17) is 5.73 Å². The highest BCUT2D eigenvalue weighted by Crippen LogP contribution is 2.25. The van der Waals surface area contributed by atoms with E-state index < -0.39 is 0 Å². The molecule has 0 aromatic carbocycles. The molecular weight excluding hydrogens is 236 g/mol. The van der Waals surface area contributed by atoms with Gasteiger partial charge in [0.25, 0.3) is 0 Å². The molecule has 1 aromatic heterocycles. The Morgan fingerprint density at radius 2 is 2.05 bits per heavy atom. The first-order valence-corrected chi connectivity index (χ1v) is 7.54. The molecule has 1 fully saturated rings. The molecule has 1 heterocycles. The zero-order valence-corrected chi connectivity index (χ0v) is 12.5. The van der Waals surface area contributed by atoms with Crippen molar-refractivity contribution in [3.63, 3.8) is 0 Å². The van der Waals surface area contributed by atoms with Gasteiger partial charge in [-0.15, -0.1) is 0 Å². The van der Waals surface area contributed by atoms with Crippen molar-refractivity contribution in [1.29, 1.82) is 0 Å². The second-order valence-corrected chi connectivity index (χ2v) is 6.34. The third-order valence-electron chi connectivity index (χ3n) is 4.02. The molecular formula is C15H28N4. The zero-order valence-electron chi connectivity index (χ0n) is 12.5. The largest absolute Gasteiger partial charge is 0.323 e. The first kappa shape index (κ1) is 14.5. The van der Waals surface area contributed by atoms with Crippen LogP contribution in [0, 0.1) is 5.92 Å². The molecule has 1 aliphatic carbocycles. The van der Waals surface area contributed by atoms with Crippen LogP contribution in [-0.2, 0) is 7.05 Å². The van der Waals surface area contributed by atoms with Crippen LogP contribution in [0.2, 0.25) is 0 Å². The molecule has 1 aromatic rings. The van der Waals surface area contributed by atoms with Crippen LogP contribution < -0.4 is 5.73 Å². The van der Waals surface area contributed by atoms with Gasteiger partial charge in [-0.1, -0.05) is 26.7 Å². The first-order chi connectivity index (χ1) is 9.06. The van der Waals surface area contributed by atoms with E-state index in [9.17, 15) is 0 Å². The second kappa shape index (κ2) is 6.53. The van der Waals surface area contributed by atoms with Gasteiger partial charge >= 0.3 is 0 Å². The van der Waals surface area contributed by atoms with E-state index in [0.29, 0.717) is 5.92 Å². The molecule has 0 spiro atoms. The summed E-state index contributed by atoms with van der Waals surface area (Å²) in [6, 6.07) is 0.818. The number of hydrogen-bond acceptors (Lipinski definition) is 3. The maximum Gasteiger partial charge on any atom is 0.0537 e. The molecule has 0 bridgehead atoms. The molecule has 1 unspecified atom stereocenters. The summed E-state index contributed by atoms with van der Waals surface area (Å²) >= 11 is 0. The van der Waals surface area contributed by atoms with Crippen LogP contribution in [0.15, 0.2) is 12.4 Å². The molecule has 0 saturated heterocycles. The molecule has 4 heteroatoms. The predicted molar refractivity (Wildman–Crippen MR) is 78.8 cm³/mol. The Labute approximate surface area is 117 Å². The summed E-state index contributed by atoms with van der Waals surface area (Å²) in [6.07, 6.45) is 9.36. The fourth-order valence-corrected chi connectivity index (χ4v) is 3.10. The Bertz CT molecular complexity index is 379. The van der Waals surface area contributed by atoms with Crippen molar-refractivity contribution in [3.8, 4) is 0 Å². The van der Waals surface area contributed by atoms with Crippen LogP contribution in [0.25, 0.3) is 0 Å². The average molecular weight is 264 g/mol. The number of hydrogen-bond donors (Lipinski definition) is 1. The fourth-order valence-electron chi connectivity index (χ4n) is 3.10. The topological polar surface area (TPSA) is 47.1 Å². The maximum atomic E-state index is 6.36. The lowest BCUT2D eigenvalue weighted by molar-refractivity contribution is 0.167. The van der Waals surface area contributed by atoms with Gasteiger partial charge in [-0.05, 0) is 18.8 Å². The highest BCUT2D eigenvalue weighted by Gasteiger charge is 2.25. The van der Waals surface area contributed by atoms with E-state index in [0.717, 1.165) is 24.7 Å². The molecule has 0 amide bonds. The fraction of sp³-hybridized carbons (Fsp3) is 0.800. The van der Waals surface area contributed by atoms with E-state index in [2.05, 4.69) is 23.8 Å². The number of nitrogens with two attached hydrogens (primary N) is 1. The Morgan fingerprint density at radius 1 is 1.37 bits per heavy atom. The minimum absolute atomic E-state index is 0.0769. The molecule has 1 aliphatic rings. The van der Waals surface area contributed by atoms with Gasteiger partial charge in [-0.2, -0.15) is 5.10 Å². The third kappa shape index (κ3) is 4.05. The Kier molecular flexibility index (Phi) is 4.99. The van der Waals surface area contributed by atoms with E-state index in [1.165, 1.54) is 25.7 Å². The van der Waals surface area contributed by atoms with E-state index in [1.54, 1.807) is 0 Å². The Balaban J connectivity index is 1.98. The van der Waals surface area contributed by atoms with Crippen molar-refractivity contribution in [2.75, 3.05) is 13.1 Å². The van der Waals surface area contributed by atoms with E-state index in [-0.39, 0.29) is 6.04 Å². The summed E-state index contributed by atoms with van der Waals surface area (Å²) < 4.78 is 1.83. The average Bonchev–Trinajstić information content (AvgIpc) is 2.97. The van der Waals surface area contributed by atoms with E-state index >= 15 is 0 Å².